The molecule has 0 aromatic heterocycles. The Kier molecular flexibility index (Phi) is 3.71. The van der Waals surface area contributed by atoms with Gasteiger partial charge in [0.25, 0.3) is 0 Å². The molecule has 0 radical (unpaired) electrons. The topological polar surface area (TPSA) is 12.0 Å². The molecule has 0 saturated heterocycles. The zero-order chi connectivity index (χ0) is 10.8. The summed E-state index contributed by atoms with van der Waals surface area (Å²) in [7, 11) is 0. The van der Waals surface area contributed by atoms with E-state index >= 15 is 0 Å². The van der Waals surface area contributed by atoms with Crippen LogP contribution in [-0.2, 0) is 0 Å². The second-order valence-corrected chi connectivity index (χ2v) is 5.16. The summed E-state index contributed by atoms with van der Waals surface area (Å²) in [5, 5.41) is 3.27. The number of likely N-dealkylation sites (N-methyl/N-ethyl adjacent to an activating group) is 1. The molecule has 2 heteroatoms. The lowest BCUT2D eigenvalue weighted by Crippen LogP contribution is -2.33. The molecule has 0 unspecified atom stereocenters. The average Bonchev–Trinajstić information content (AvgIpc) is 2.02. The minimum Gasteiger partial charge on any atom is -0.376 e. The van der Waals surface area contributed by atoms with Gasteiger partial charge in [-0.1, -0.05) is 31.6 Å². The van der Waals surface area contributed by atoms with Gasteiger partial charge in [-0.3, -0.25) is 0 Å². The van der Waals surface area contributed by atoms with Crippen molar-refractivity contribution in [3.63, 3.8) is 0 Å². The van der Waals surface area contributed by atoms with E-state index in [1.54, 1.807) is 0 Å². The van der Waals surface area contributed by atoms with Crippen LogP contribution < -0.4 is 5.32 Å². The first-order chi connectivity index (χ1) is 6.49. The minimum atomic E-state index is 0.265. The van der Waals surface area contributed by atoms with Gasteiger partial charge in [0.1, 0.15) is 4.99 Å². The number of rotatable bonds is 2. The Labute approximate surface area is 93.0 Å². The van der Waals surface area contributed by atoms with Crippen LogP contribution in [0.4, 0.5) is 0 Å². The fourth-order valence-corrected chi connectivity index (χ4v) is 2.97. The van der Waals surface area contributed by atoms with Gasteiger partial charge in [0.2, 0.25) is 0 Å². The first-order valence-electron chi connectivity index (χ1n) is 5.47. The predicted molar refractivity (Wildman–Crippen MR) is 66.6 cm³/mol. The van der Waals surface area contributed by atoms with E-state index in [1.165, 1.54) is 30.4 Å². The second kappa shape index (κ2) is 4.43. The molecule has 0 spiro atoms. The molecule has 0 heterocycles. The lowest BCUT2D eigenvalue weighted by atomic mass is 9.72. The van der Waals surface area contributed by atoms with Crippen LogP contribution in [-0.4, -0.2) is 11.5 Å². The number of allylic oxidation sites excluding steroid dienone is 1. The molecule has 80 valence electrons. The van der Waals surface area contributed by atoms with E-state index in [0.29, 0.717) is 0 Å². The Balaban J connectivity index is 2.95. The molecule has 0 aliphatic heterocycles. The first-order valence-corrected chi connectivity index (χ1v) is 5.88. The van der Waals surface area contributed by atoms with Gasteiger partial charge in [-0.2, -0.15) is 0 Å². The predicted octanol–water partition coefficient (Wildman–Crippen LogP) is 3.45. The van der Waals surface area contributed by atoms with E-state index in [-0.39, 0.29) is 5.41 Å². The van der Waals surface area contributed by atoms with Gasteiger partial charge >= 0.3 is 0 Å². The lowest BCUT2D eigenvalue weighted by Gasteiger charge is -2.34. The Morgan fingerprint density at radius 1 is 1.50 bits per heavy atom. The molecule has 1 aliphatic rings. The average molecular weight is 211 g/mol. The number of thiocarbonyl (C=S) groups is 1. The summed E-state index contributed by atoms with van der Waals surface area (Å²) < 4.78 is 0. The first kappa shape index (κ1) is 11.7. The molecule has 0 aromatic carbocycles. The third kappa shape index (κ3) is 2.35. The van der Waals surface area contributed by atoms with Crippen molar-refractivity contribution in [3.05, 3.63) is 11.1 Å². The van der Waals surface area contributed by atoms with Crippen molar-refractivity contribution in [1.29, 1.82) is 0 Å². The Morgan fingerprint density at radius 3 is 2.64 bits per heavy atom. The SMILES string of the molecule is CCNC(=S)C1=C(C)CCCC1(C)C. The fraction of sp³-hybridized carbons (Fsp3) is 0.750. The maximum atomic E-state index is 5.43. The van der Waals surface area contributed by atoms with E-state index < -0.39 is 0 Å². The summed E-state index contributed by atoms with van der Waals surface area (Å²) >= 11 is 5.43. The highest BCUT2D eigenvalue weighted by molar-refractivity contribution is 7.80. The summed E-state index contributed by atoms with van der Waals surface area (Å²) in [4.78, 5) is 0.967. The molecule has 0 fully saturated rings. The molecule has 0 aromatic rings. The molecule has 1 rings (SSSR count). The fourth-order valence-electron chi connectivity index (χ4n) is 2.37. The summed E-state index contributed by atoms with van der Waals surface area (Å²) in [6, 6.07) is 0. The zero-order valence-corrected chi connectivity index (χ0v) is 10.6. The van der Waals surface area contributed by atoms with E-state index in [2.05, 4.69) is 33.0 Å². The molecule has 1 N–H and O–H groups in total. The van der Waals surface area contributed by atoms with E-state index in [9.17, 15) is 0 Å². The van der Waals surface area contributed by atoms with Crippen molar-refractivity contribution >= 4 is 17.2 Å². The Hall–Kier alpha value is -0.370. The molecule has 0 saturated carbocycles. The highest BCUT2D eigenvalue weighted by Crippen LogP contribution is 2.40. The van der Waals surface area contributed by atoms with E-state index in [4.69, 9.17) is 12.2 Å². The summed E-state index contributed by atoms with van der Waals surface area (Å²) in [6.45, 7) is 9.84. The van der Waals surface area contributed by atoms with Crippen LogP contribution in [0.3, 0.4) is 0 Å². The Bertz CT molecular complexity index is 263. The standard InChI is InChI=1S/C12H21NS/c1-5-13-11(14)10-9(2)7-6-8-12(10,3)4/h5-8H2,1-4H3,(H,13,14). The van der Waals surface area contributed by atoms with Crippen LogP contribution in [0.1, 0.15) is 47.0 Å². The second-order valence-electron chi connectivity index (χ2n) is 4.75. The van der Waals surface area contributed by atoms with Crippen molar-refractivity contribution < 1.29 is 0 Å². The summed E-state index contributed by atoms with van der Waals surface area (Å²) in [6.07, 6.45) is 3.77. The van der Waals surface area contributed by atoms with Crippen LogP contribution in [0.25, 0.3) is 0 Å². The normalized spacial score (nSPS) is 20.9. The molecule has 1 nitrogen and oxygen atoms in total. The van der Waals surface area contributed by atoms with Crippen molar-refractivity contribution in [2.45, 2.75) is 47.0 Å². The maximum Gasteiger partial charge on any atom is 0.102 e. The van der Waals surface area contributed by atoms with Gasteiger partial charge < -0.3 is 5.32 Å². The van der Waals surface area contributed by atoms with Gasteiger partial charge in [0, 0.05) is 6.54 Å². The van der Waals surface area contributed by atoms with Gasteiger partial charge in [0.15, 0.2) is 0 Å². The quantitative estimate of drug-likeness (QED) is 0.702. The van der Waals surface area contributed by atoms with Crippen LogP contribution in [0, 0.1) is 5.41 Å². The van der Waals surface area contributed by atoms with Crippen LogP contribution in [0.15, 0.2) is 11.1 Å². The maximum absolute atomic E-state index is 5.43. The van der Waals surface area contributed by atoms with E-state index in [1.807, 2.05) is 0 Å². The van der Waals surface area contributed by atoms with Gasteiger partial charge in [-0.05, 0) is 44.1 Å². The van der Waals surface area contributed by atoms with Crippen LogP contribution in [0.5, 0.6) is 0 Å². The summed E-state index contributed by atoms with van der Waals surface area (Å²) in [5.41, 5.74) is 3.13. The lowest BCUT2D eigenvalue weighted by molar-refractivity contribution is 0.381. The molecule has 14 heavy (non-hydrogen) atoms. The molecular weight excluding hydrogens is 190 g/mol. The highest BCUT2D eigenvalue weighted by Gasteiger charge is 2.30. The minimum absolute atomic E-state index is 0.265. The van der Waals surface area contributed by atoms with E-state index in [0.717, 1.165) is 11.5 Å². The molecule has 0 bridgehead atoms. The van der Waals surface area contributed by atoms with Gasteiger partial charge in [-0.25, -0.2) is 0 Å². The molecule has 0 amide bonds. The van der Waals surface area contributed by atoms with Gasteiger partial charge in [0.05, 0.1) is 0 Å². The number of nitrogens with one attached hydrogen (secondary N) is 1. The largest absolute Gasteiger partial charge is 0.376 e. The van der Waals surface area contributed by atoms with Crippen molar-refractivity contribution in [1.82, 2.24) is 5.32 Å². The number of hydrogen-bond donors (Lipinski definition) is 1. The third-order valence-corrected chi connectivity index (χ3v) is 3.37. The molecule has 1 aliphatic carbocycles. The number of hydrogen-bond acceptors (Lipinski definition) is 1. The van der Waals surface area contributed by atoms with Crippen molar-refractivity contribution in [3.8, 4) is 0 Å². The van der Waals surface area contributed by atoms with Crippen molar-refractivity contribution in [2.24, 2.45) is 5.41 Å². The molecule has 0 atom stereocenters. The van der Waals surface area contributed by atoms with Crippen LogP contribution >= 0.6 is 12.2 Å². The summed E-state index contributed by atoms with van der Waals surface area (Å²) in [5.74, 6) is 0. The monoisotopic (exact) mass is 211 g/mol. The highest BCUT2D eigenvalue weighted by atomic mass is 32.1. The van der Waals surface area contributed by atoms with Crippen LogP contribution in [0.2, 0.25) is 0 Å². The Morgan fingerprint density at radius 2 is 2.14 bits per heavy atom. The smallest absolute Gasteiger partial charge is 0.102 e. The van der Waals surface area contributed by atoms with Crippen molar-refractivity contribution in [2.75, 3.05) is 6.54 Å². The zero-order valence-electron chi connectivity index (χ0n) is 9.74. The van der Waals surface area contributed by atoms with Gasteiger partial charge in [-0.15, -0.1) is 0 Å². The third-order valence-electron chi connectivity index (χ3n) is 3.02. The molecular formula is C12H21NS.